The van der Waals surface area contributed by atoms with E-state index in [1.807, 2.05) is 18.2 Å². The zero-order valence-electron chi connectivity index (χ0n) is 15.5. The lowest BCUT2D eigenvalue weighted by Gasteiger charge is -2.40. The summed E-state index contributed by atoms with van der Waals surface area (Å²) >= 11 is 0. The molecule has 0 radical (unpaired) electrons. The highest BCUT2D eigenvalue weighted by atomic mass is 16.5. The first-order valence-electron chi connectivity index (χ1n) is 8.47. The van der Waals surface area contributed by atoms with Gasteiger partial charge in [-0.05, 0) is 37.6 Å². The van der Waals surface area contributed by atoms with Crippen LogP contribution in [0.4, 0.5) is 0 Å². The van der Waals surface area contributed by atoms with Gasteiger partial charge in [0.25, 0.3) is 0 Å². The summed E-state index contributed by atoms with van der Waals surface area (Å²) < 4.78 is 15.9. The maximum absolute atomic E-state index is 12.1. The van der Waals surface area contributed by atoms with Crippen molar-refractivity contribution in [1.29, 1.82) is 0 Å². The molecule has 1 fully saturated rings. The lowest BCUT2D eigenvalue weighted by molar-refractivity contribution is -0.117. The minimum absolute atomic E-state index is 0.101. The van der Waals surface area contributed by atoms with E-state index in [0.717, 1.165) is 31.9 Å². The second-order valence-electron chi connectivity index (χ2n) is 6.58. The van der Waals surface area contributed by atoms with E-state index >= 15 is 0 Å². The van der Waals surface area contributed by atoms with Crippen LogP contribution in [0.5, 0.6) is 11.5 Å². The quantitative estimate of drug-likeness (QED) is 0.763. The van der Waals surface area contributed by atoms with Crippen molar-refractivity contribution in [3.63, 3.8) is 0 Å². The van der Waals surface area contributed by atoms with Crippen molar-refractivity contribution >= 4 is 12.0 Å². The maximum Gasteiger partial charge on any atom is 0.244 e. The van der Waals surface area contributed by atoms with Gasteiger partial charge < -0.3 is 19.5 Å². The van der Waals surface area contributed by atoms with Crippen LogP contribution in [-0.4, -0.2) is 63.4 Å². The Labute approximate surface area is 149 Å². The maximum atomic E-state index is 12.1. The number of benzene rings is 1. The molecular weight excluding hydrogens is 320 g/mol. The normalized spacial score (nSPS) is 16.0. The molecule has 0 aliphatic carbocycles. The van der Waals surface area contributed by atoms with Crippen molar-refractivity contribution < 1.29 is 19.0 Å². The van der Waals surface area contributed by atoms with Crippen LogP contribution in [0.2, 0.25) is 0 Å². The fourth-order valence-corrected chi connectivity index (χ4v) is 2.77. The van der Waals surface area contributed by atoms with E-state index in [-0.39, 0.29) is 11.4 Å². The molecule has 0 unspecified atom stereocenters. The number of carbonyl (C=O) groups excluding carboxylic acids is 1. The van der Waals surface area contributed by atoms with Gasteiger partial charge in [-0.15, -0.1) is 0 Å². The lowest BCUT2D eigenvalue weighted by Crippen LogP contribution is -2.55. The predicted octanol–water partition coefficient (Wildman–Crippen LogP) is 1.94. The molecule has 6 nitrogen and oxygen atoms in total. The average Bonchev–Trinajstić information content (AvgIpc) is 2.65. The molecule has 1 N–H and O–H groups in total. The van der Waals surface area contributed by atoms with Crippen LogP contribution >= 0.6 is 0 Å². The third-order valence-electron chi connectivity index (χ3n) is 4.40. The largest absolute Gasteiger partial charge is 0.493 e. The van der Waals surface area contributed by atoms with E-state index in [4.69, 9.17) is 14.2 Å². The number of hydrogen-bond acceptors (Lipinski definition) is 5. The second-order valence-corrected chi connectivity index (χ2v) is 6.58. The Bertz CT molecular complexity index is 607. The first-order chi connectivity index (χ1) is 12.0. The average molecular weight is 348 g/mol. The van der Waals surface area contributed by atoms with Gasteiger partial charge in [-0.2, -0.15) is 0 Å². The van der Waals surface area contributed by atoms with Gasteiger partial charge in [-0.25, -0.2) is 0 Å². The SMILES string of the molecule is COc1ccc(/C=C/C(=O)NCC(C)(C)N2CCOCC2)cc1OC. The molecule has 1 aromatic rings. The summed E-state index contributed by atoms with van der Waals surface area (Å²) in [5.41, 5.74) is 0.775. The van der Waals surface area contributed by atoms with Crippen LogP contribution in [0, 0.1) is 0 Å². The summed E-state index contributed by atoms with van der Waals surface area (Å²) in [4.78, 5) is 14.5. The molecule has 0 atom stereocenters. The molecule has 6 heteroatoms. The summed E-state index contributed by atoms with van der Waals surface area (Å²) in [6, 6.07) is 5.53. The van der Waals surface area contributed by atoms with E-state index < -0.39 is 0 Å². The molecule has 1 aliphatic heterocycles. The molecule has 0 saturated carbocycles. The Morgan fingerprint density at radius 1 is 1.24 bits per heavy atom. The smallest absolute Gasteiger partial charge is 0.244 e. The number of carbonyl (C=O) groups is 1. The van der Waals surface area contributed by atoms with Gasteiger partial charge in [0.05, 0.1) is 27.4 Å². The van der Waals surface area contributed by atoms with E-state index in [1.165, 1.54) is 6.08 Å². The predicted molar refractivity (Wildman–Crippen MR) is 98.1 cm³/mol. The van der Waals surface area contributed by atoms with Gasteiger partial charge in [0, 0.05) is 31.2 Å². The standard InChI is InChI=1S/C19H28N2O4/c1-19(2,21-9-11-25-12-10-21)14-20-18(22)8-6-15-5-7-16(23-3)17(13-15)24-4/h5-8,13H,9-12,14H2,1-4H3,(H,20,22)/b8-6+. The number of morpholine rings is 1. The van der Waals surface area contributed by atoms with Crippen LogP contribution < -0.4 is 14.8 Å². The Hall–Kier alpha value is -2.05. The van der Waals surface area contributed by atoms with E-state index in [9.17, 15) is 4.79 Å². The number of nitrogens with zero attached hydrogens (tertiary/aromatic N) is 1. The van der Waals surface area contributed by atoms with E-state index in [2.05, 4.69) is 24.1 Å². The molecule has 138 valence electrons. The van der Waals surface area contributed by atoms with Crippen molar-refractivity contribution in [2.24, 2.45) is 0 Å². The van der Waals surface area contributed by atoms with Gasteiger partial charge in [-0.1, -0.05) is 6.07 Å². The van der Waals surface area contributed by atoms with E-state index in [0.29, 0.717) is 18.0 Å². The molecule has 2 rings (SSSR count). The second kappa shape index (κ2) is 8.87. The fraction of sp³-hybridized carbons (Fsp3) is 0.526. The number of ether oxygens (including phenoxy) is 3. The fourth-order valence-electron chi connectivity index (χ4n) is 2.77. The lowest BCUT2D eigenvalue weighted by atomic mass is 10.0. The van der Waals surface area contributed by atoms with Crippen LogP contribution in [0.3, 0.4) is 0 Å². The molecule has 1 aliphatic rings. The van der Waals surface area contributed by atoms with Gasteiger partial charge >= 0.3 is 0 Å². The van der Waals surface area contributed by atoms with Crippen LogP contribution in [-0.2, 0) is 9.53 Å². The molecule has 1 heterocycles. The van der Waals surface area contributed by atoms with Gasteiger partial charge in [-0.3, -0.25) is 9.69 Å². The number of rotatable bonds is 7. The summed E-state index contributed by atoms with van der Waals surface area (Å²) in [5, 5.41) is 2.98. The molecule has 0 bridgehead atoms. The molecule has 0 spiro atoms. The number of nitrogens with one attached hydrogen (secondary N) is 1. The van der Waals surface area contributed by atoms with Crippen molar-refractivity contribution in [2.75, 3.05) is 47.1 Å². The Morgan fingerprint density at radius 2 is 1.92 bits per heavy atom. The molecular formula is C19H28N2O4. The third kappa shape index (κ3) is 5.47. The zero-order valence-corrected chi connectivity index (χ0v) is 15.5. The zero-order chi connectivity index (χ0) is 18.3. The highest BCUT2D eigenvalue weighted by Gasteiger charge is 2.28. The molecule has 1 aromatic carbocycles. The van der Waals surface area contributed by atoms with Crippen molar-refractivity contribution in [1.82, 2.24) is 10.2 Å². The van der Waals surface area contributed by atoms with Gasteiger partial charge in [0.15, 0.2) is 11.5 Å². The number of methoxy groups -OCH3 is 2. The first-order valence-corrected chi connectivity index (χ1v) is 8.47. The van der Waals surface area contributed by atoms with Crippen LogP contribution in [0.1, 0.15) is 19.4 Å². The third-order valence-corrected chi connectivity index (χ3v) is 4.40. The highest BCUT2D eigenvalue weighted by Crippen LogP contribution is 2.27. The molecule has 25 heavy (non-hydrogen) atoms. The van der Waals surface area contributed by atoms with Crippen molar-refractivity contribution in [3.05, 3.63) is 29.8 Å². The topological polar surface area (TPSA) is 60.0 Å². The Balaban J connectivity index is 1.90. The van der Waals surface area contributed by atoms with Crippen LogP contribution in [0.25, 0.3) is 6.08 Å². The van der Waals surface area contributed by atoms with E-state index in [1.54, 1.807) is 20.3 Å². The summed E-state index contributed by atoms with van der Waals surface area (Å²) in [6.07, 6.45) is 3.30. The minimum Gasteiger partial charge on any atom is -0.493 e. The van der Waals surface area contributed by atoms with Gasteiger partial charge in [0.1, 0.15) is 0 Å². The highest BCUT2D eigenvalue weighted by molar-refractivity contribution is 5.91. The molecule has 0 aromatic heterocycles. The molecule has 1 saturated heterocycles. The van der Waals surface area contributed by atoms with Crippen molar-refractivity contribution in [3.8, 4) is 11.5 Å². The van der Waals surface area contributed by atoms with Crippen LogP contribution in [0.15, 0.2) is 24.3 Å². The Morgan fingerprint density at radius 3 is 2.56 bits per heavy atom. The summed E-state index contributed by atoms with van der Waals surface area (Å²) in [7, 11) is 3.18. The van der Waals surface area contributed by atoms with Crippen molar-refractivity contribution in [2.45, 2.75) is 19.4 Å². The first kappa shape index (κ1) is 19.3. The summed E-state index contributed by atoms with van der Waals surface area (Å²) in [5.74, 6) is 1.19. The summed E-state index contributed by atoms with van der Waals surface area (Å²) in [6.45, 7) is 8.14. The monoisotopic (exact) mass is 348 g/mol. The molecule has 1 amide bonds. The van der Waals surface area contributed by atoms with Gasteiger partial charge in [0.2, 0.25) is 5.91 Å². The number of hydrogen-bond donors (Lipinski definition) is 1. The number of amides is 1. The Kier molecular flexibility index (Phi) is 6.84. The minimum atomic E-state index is -0.115.